The van der Waals surface area contributed by atoms with Crippen LogP contribution < -0.4 is 9.72 Å². The number of H-pyrrole nitrogens is 1. The van der Waals surface area contributed by atoms with Crippen molar-refractivity contribution in [3.8, 4) is 5.75 Å². The average Bonchev–Trinajstić information content (AvgIpc) is 2.33. The van der Waals surface area contributed by atoms with Crippen LogP contribution in [-0.2, 0) is 6.42 Å². The Morgan fingerprint density at radius 1 is 1.56 bits per heavy atom. The van der Waals surface area contributed by atoms with Gasteiger partial charge in [0.05, 0.1) is 12.2 Å². The molecule has 0 unspecified atom stereocenters. The van der Waals surface area contributed by atoms with Crippen molar-refractivity contribution in [2.75, 3.05) is 6.61 Å². The maximum absolute atomic E-state index is 5.28. The average molecular weight is 122 g/mol. The highest BCUT2D eigenvalue weighted by molar-refractivity contribution is 5.31. The Balaban J connectivity index is 2.54. The molecule has 0 spiro atoms. The van der Waals surface area contributed by atoms with Gasteiger partial charge in [-0.2, -0.15) is 0 Å². The third-order valence-corrected chi connectivity index (χ3v) is 1.53. The molecule has 2 nitrogen and oxygen atoms in total. The van der Waals surface area contributed by atoms with E-state index in [-0.39, 0.29) is 0 Å². The standard InChI is InChI=1S/C7H7NO/c1-3-8-5-6-2-4-9-7(1)6/h1,3,5H,2,4H2/p+1. The van der Waals surface area contributed by atoms with Crippen molar-refractivity contribution in [1.29, 1.82) is 0 Å². The molecular formula is C7H8NO+. The number of hydrogen-bond donors (Lipinski definition) is 0. The molecule has 46 valence electrons. The summed E-state index contributed by atoms with van der Waals surface area (Å²) in [5, 5.41) is 0. The second-order valence-electron chi connectivity index (χ2n) is 2.13. The summed E-state index contributed by atoms with van der Waals surface area (Å²) in [6, 6.07) is 1.96. The minimum Gasteiger partial charge on any atom is -0.492 e. The molecule has 1 aromatic heterocycles. The van der Waals surface area contributed by atoms with Crippen LogP contribution in [0.25, 0.3) is 0 Å². The molecule has 0 bridgehead atoms. The van der Waals surface area contributed by atoms with Crippen LogP contribution in [-0.4, -0.2) is 6.61 Å². The molecule has 2 rings (SSSR count). The van der Waals surface area contributed by atoms with Gasteiger partial charge in [0.1, 0.15) is 5.75 Å². The van der Waals surface area contributed by atoms with Gasteiger partial charge >= 0.3 is 0 Å². The van der Waals surface area contributed by atoms with Crippen LogP contribution in [0.4, 0.5) is 0 Å². The van der Waals surface area contributed by atoms with Crippen molar-refractivity contribution >= 4 is 0 Å². The van der Waals surface area contributed by atoms with Gasteiger partial charge in [-0.3, -0.25) is 0 Å². The quantitative estimate of drug-likeness (QED) is 0.489. The van der Waals surface area contributed by atoms with E-state index in [2.05, 4.69) is 4.98 Å². The lowest BCUT2D eigenvalue weighted by atomic mass is 10.2. The van der Waals surface area contributed by atoms with Gasteiger partial charge in [0.2, 0.25) is 0 Å². The Labute approximate surface area is 53.5 Å². The van der Waals surface area contributed by atoms with Crippen LogP contribution >= 0.6 is 0 Å². The zero-order valence-corrected chi connectivity index (χ0v) is 5.05. The number of aromatic nitrogens is 1. The van der Waals surface area contributed by atoms with Gasteiger partial charge in [0.15, 0.2) is 12.4 Å². The summed E-state index contributed by atoms with van der Waals surface area (Å²) >= 11 is 0. The van der Waals surface area contributed by atoms with Crippen LogP contribution in [0.1, 0.15) is 5.56 Å². The van der Waals surface area contributed by atoms with Crippen molar-refractivity contribution in [2.24, 2.45) is 0 Å². The molecule has 9 heavy (non-hydrogen) atoms. The Kier molecular flexibility index (Phi) is 0.918. The molecule has 0 atom stereocenters. The largest absolute Gasteiger partial charge is 0.492 e. The number of fused-ring (bicyclic) bond motifs is 1. The molecule has 0 fully saturated rings. The lowest BCUT2D eigenvalue weighted by Gasteiger charge is -1.90. The van der Waals surface area contributed by atoms with Crippen molar-refractivity contribution < 1.29 is 9.72 Å². The summed E-state index contributed by atoms with van der Waals surface area (Å²) in [5.41, 5.74) is 1.29. The van der Waals surface area contributed by atoms with Crippen LogP contribution in [0.15, 0.2) is 18.5 Å². The zero-order chi connectivity index (χ0) is 6.10. The molecule has 0 amide bonds. The maximum Gasteiger partial charge on any atom is 0.174 e. The van der Waals surface area contributed by atoms with E-state index < -0.39 is 0 Å². The molecule has 1 aromatic rings. The van der Waals surface area contributed by atoms with Gasteiger partial charge in [0, 0.05) is 12.5 Å². The first kappa shape index (κ1) is 4.79. The second kappa shape index (κ2) is 1.72. The Morgan fingerprint density at radius 3 is 3.44 bits per heavy atom. The molecule has 1 aliphatic rings. The number of pyridine rings is 1. The number of ether oxygens (including phenoxy) is 1. The van der Waals surface area contributed by atoms with E-state index in [1.54, 1.807) is 0 Å². The fourth-order valence-corrected chi connectivity index (χ4v) is 1.06. The number of hydrogen-bond acceptors (Lipinski definition) is 1. The fourth-order valence-electron chi connectivity index (χ4n) is 1.06. The highest BCUT2D eigenvalue weighted by atomic mass is 16.5. The molecule has 2 heterocycles. The minimum absolute atomic E-state index is 0.840. The van der Waals surface area contributed by atoms with Gasteiger partial charge in [0.25, 0.3) is 0 Å². The fraction of sp³-hybridized carbons (Fsp3) is 0.286. The van der Waals surface area contributed by atoms with E-state index >= 15 is 0 Å². The van der Waals surface area contributed by atoms with E-state index in [0.717, 1.165) is 18.8 Å². The van der Waals surface area contributed by atoms with Gasteiger partial charge in [-0.05, 0) is 0 Å². The smallest absolute Gasteiger partial charge is 0.174 e. The second-order valence-corrected chi connectivity index (χ2v) is 2.13. The summed E-state index contributed by atoms with van der Waals surface area (Å²) in [5.74, 6) is 1.04. The van der Waals surface area contributed by atoms with Crippen molar-refractivity contribution in [1.82, 2.24) is 0 Å². The summed E-state index contributed by atoms with van der Waals surface area (Å²) in [6.07, 6.45) is 4.92. The van der Waals surface area contributed by atoms with Crippen LogP contribution in [0, 0.1) is 0 Å². The summed E-state index contributed by atoms with van der Waals surface area (Å²) in [6.45, 7) is 0.840. The zero-order valence-electron chi connectivity index (χ0n) is 5.05. The highest BCUT2D eigenvalue weighted by Gasteiger charge is 2.12. The molecule has 2 heteroatoms. The number of nitrogens with one attached hydrogen (secondary N) is 1. The molecule has 0 radical (unpaired) electrons. The molecular weight excluding hydrogens is 114 g/mol. The predicted molar refractivity (Wildman–Crippen MR) is 32.2 cm³/mol. The monoisotopic (exact) mass is 122 g/mol. The van der Waals surface area contributed by atoms with Gasteiger partial charge in [-0.25, -0.2) is 4.98 Å². The Bertz CT molecular complexity index is 199. The Morgan fingerprint density at radius 2 is 2.56 bits per heavy atom. The maximum atomic E-state index is 5.28. The molecule has 0 aliphatic carbocycles. The highest BCUT2D eigenvalue weighted by Crippen LogP contribution is 2.21. The molecule has 0 aromatic carbocycles. The number of rotatable bonds is 0. The molecule has 0 saturated heterocycles. The lowest BCUT2D eigenvalue weighted by Crippen LogP contribution is -1.98. The van der Waals surface area contributed by atoms with Gasteiger partial charge in [-0.1, -0.05) is 0 Å². The first-order chi connectivity index (χ1) is 4.47. The van der Waals surface area contributed by atoms with Crippen molar-refractivity contribution in [2.45, 2.75) is 6.42 Å². The van der Waals surface area contributed by atoms with E-state index in [4.69, 9.17) is 4.74 Å². The third-order valence-electron chi connectivity index (χ3n) is 1.53. The van der Waals surface area contributed by atoms with Gasteiger partial charge < -0.3 is 4.74 Å². The molecule has 1 N–H and O–H groups in total. The summed E-state index contributed by atoms with van der Waals surface area (Å²) < 4.78 is 5.28. The summed E-state index contributed by atoms with van der Waals surface area (Å²) in [7, 11) is 0. The van der Waals surface area contributed by atoms with Crippen LogP contribution in [0.2, 0.25) is 0 Å². The molecule has 0 saturated carbocycles. The first-order valence-electron chi connectivity index (χ1n) is 3.08. The Hall–Kier alpha value is -1.05. The number of aromatic amines is 1. The van der Waals surface area contributed by atoms with E-state index in [1.807, 2.05) is 18.5 Å². The predicted octanol–water partition coefficient (Wildman–Crippen LogP) is 0.436. The van der Waals surface area contributed by atoms with E-state index in [0.29, 0.717) is 0 Å². The first-order valence-corrected chi connectivity index (χ1v) is 3.08. The van der Waals surface area contributed by atoms with E-state index in [9.17, 15) is 0 Å². The topological polar surface area (TPSA) is 23.4 Å². The normalized spacial score (nSPS) is 14.7. The van der Waals surface area contributed by atoms with Crippen LogP contribution in [0.5, 0.6) is 5.75 Å². The van der Waals surface area contributed by atoms with Crippen LogP contribution in [0.3, 0.4) is 0 Å². The lowest BCUT2D eigenvalue weighted by molar-refractivity contribution is -0.378. The third kappa shape index (κ3) is 0.669. The summed E-state index contributed by atoms with van der Waals surface area (Å²) in [4.78, 5) is 3.01. The molecule has 1 aliphatic heterocycles. The van der Waals surface area contributed by atoms with Crippen molar-refractivity contribution in [3.05, 3.63) is 24.0 Å². The SMILES string of the molecule is c1cc2c(c[nH+]1)CCO2. The van der Waals surface area contributed by atoms with E-state index in [1.165, 1.54) is 5.56 Å². The van der Waals surface area contributed by atoms with Gasteiger partial charge in [-0.15, -0.1) is 0 Å². The van der Waals surface area contributed by atoms with Crippen molar-refractivity contribution in [3.63, 3.8) is 0 Å². The minimum atomic E-state index is 0.840.